The van der Waals surface area contributed by atoms with Crippen LogP contribution in [-0.4, -0.2) is 78.1 Å². The predicted octanol–water partition coefficient (Wildman–Crippen LogP) is 12.2. The molecule has 0 saturated heterocycles. The van der Waals surface area contributed by atoms with Crippen LogP contribution in [0.4, 0.5) is 30.7 Å². The summed E-state index contributed by atoms with van der Waals surface area (Å²) in [7, 11) is 0. The fraction of sp³-hybridized carbons (Fsp3) is 0.915. The molecule has 4 aliphatic carbocycles. The van der Waals surface area contributed by atoms with Crippen molar-refractivity contribution >= 4 is 0 Å². The van der Waals surface area contributed by atoms with Gasteiger partial charge in [0.25, 0.3) is 0 Å². The second kappa shape index (κ2) is 19.7. The molecule has 0 radical (unpaired) electrons. The van der Waals surface area contributed by atoms with Crippen LogP contribution < -0.4 is 0 Å². The van der Waals surface area contributed by atoms with Crippen molar-refractivity contribution in [2.45, 2.75) is 202 Å². The van der Waals surface area contributed by atoms with Gasteiger partial charge in [-0.2, -0.15) is 0 Å². The minimum absolute atomic E-state index is 0.00328. The quantitative estimate of drug-likeness (QED) is 0.0976. The van der Waals surface area contributed by atoms with E-state index in [2.05, 4.69) is 74.5 Å². The smallest absolute Gasteiger partial charge is 0.168 e. The van der Waals surface area contributed by atoms with Gasteiger partial charge < -0.3 is 24.4 Å². The number of hydrogen-bond donors (Lipinski definition) is 2. The predicted molar refractivity (Wildman–Crippen MR) is 218 cm³/mol. The van der Waals surface area contributed by atoms with E-state index in [0.29, 0.717) is 12.3 Å². The van der Waals surface area contributed by atoms with Gasteiger partial charge in [-0.3, -0.25) is 0 Å². The molecule has 59 heavy (non-hydrogen) atoms. The Morgan fingerprint density at radius 1 is 0.797 bits per heavy atom. The van der Waals surface area contributed by atoms with Crippen LogP contribution in [0.15, 0.2) is 23.8 Å². The fourth-order valence-electron chi connectivity index (χ4n) is 11.0. The lowest BCUT2D eigenvalue weighted by Gasteiger charge is -2.46. The largest absolute Gasteiger partial charge is 0.370 e. The number of rotatable bonds is 15. The van der Waals surface area contributed by atoms with Crippen LogP contribution in [-0.2, 0) is 14.2 Å². The Morgan fingerprint density at radius 2 is 1.34 bits per heavy atom. The van der Waals surface area contributed by atoms with Gasteiger partial charge in [-0.05, 0) is 84.4 Å². The lowest BCUT2D eigenvalue weighted by molar-refractivity contribution is -0.236. The SMILES string of the molecule is CCC1C(C)C(OCC2C=CC(C(CC(C)(C)C)C(C)(C)C)CC2CC2(OC(O)C(C)CC(C)(C)C)CCCC2)C(F)=C(F)C1C(O)OC1C(F)C(F)C(F)C(F)C1F. The first kappa shape index (κ1) is 50.4. The van der Waals surface area contributed by atoms with Gasteiger partial charge in [-0.25, -0.2) is 30.7 Å². The minimum Gasteiger partial charge on any atom is -0.370 e. The van der Waals surface area contributed by atoms with E-state index < -0.39 is 90.7 Å². The highest BCUT2D eigenvalue weighted by molar-refractivity contribution is 5.18. The van der Waals surface area contributed by atoms with Crippen molar-refractivity contribution in [3.63, 3.8) is 0 Å². The van der Waals surface area contributed by atoms with Crippen molar-refractivity contribution in [2.24, 2.45) is 63.6 Å². The molecule has 15 unspecified atom stereocenters. The fourth-order valence-corrected chi connectivity index (χ4v) is 11.0. The van der Waals surface area contributed by atoms with Gasteiger partial charge in [0, 0.05) is 11.8 Å². The Labute approximate surface area is 350 Å². The molecule has 344 valence electrons. The topological polar surface area (TPSA) is 68.2 Å². The van der Waals surface area contributed by atoms with Gasteiger partial charge in [0.2, 0.25) is 0 Å². The molecule has 0 aliphatic heterocycles. The first-order valence-corrected chi connectivity index (χ1v) is 22.4. The first-order chi connectivity index (χ1) is 27.1. The lowest BCUT2D eigenvalue weighted by atomic mass is 9.61. The van der Waals surface area contributed by atoms with Gasteiger partial charge in [0.05, 0.1) is 18.1 Å². The standard InChI is InChI=1S/C47H77F7O5/c1-13-30-26(3)40(37(52)33(48)32(30)43(56)58-41-38(53)35(50)34(49)36(51)39(41)54)57-24-28-17-16-27(31(46(10,11)12)23-45(7,8)9)20-29(28)22-47(18-14-15-19-47)59-42(55)25(2)21-44(4,5)6/h16-17,25-32,34-36,38-43,55-56H,13-15,18-24H2,1-12H3. The monoisotopic (exact) mass is 855 g/mol. The van der Waals surface area contributed by atoms with Crippen LogP contribution in [0.25, 0.3) is 0 Å². The zero-order chi connectivity index (χ0) is 44.6. The average Bonchev–Trinajstić information content (AvgIpc) is 3.58. The van der Waals surface area contributed by atoms with E-state index in [1.54, 1.807) is 13.8 Å². The number of allylic oxidation sites excluding steroid dienone is 1. The second-order valence-corrected chi connectivity index (χ2v) is 22.4. The zero-order valence-electron chi connectivity index (χ0n) is 37.8. The highest BCUT2D eigenvalue weighted by Gasteiger charge is 2.56. The summed E-state index contributed by atoms with van der Waals surface area (Å²) < 4.78 is 122. The third-order valence-electron chi connectivity index (χ3n) is 14.0. The molecule has 0 aromatic carbocycles. The summed E-state index contributed by atoms with van der Waals surface area (Å²) in [6.45, 7) is 25.4. The average molecular weight is 855 g/mol. The summed E-state index contributed by atoms with van der Waals surface area (Å²) in [6.07, 6.45) is -10.9. The summed E-state index contributed by atoms with van der Waals surface area (Å²) in [5.41, 5.74) is -0.455. The van der Waals surface area contributed by atoms with Gasteiger partial charge >= 0.3 is 0 Å². The molecule has 0 amide bonds. The number of ether oxygens (including phenoxy) is 3. The van der Waals surface area contributed by atoms with Crippen molar-refractivity contribution in [3.8, 4) is 0 Å². The molecule has 2 saturated carbocycles. The molecule has 0 aromatic heterocycles. The van der Waals surface area contributed by atoms with E-state index in [1.165, 1.54) is 0 Å². The molecular formula is C47H77F7O5. The number of aliphatic hydroxyl groups is 2. The van der Waals surface area contributed by atoms with Gasteiger partial charge in [0.15, 0.2) is 49.3 Å². The van der Waals surface area contributed by atoms with Gasteiger partial charge in [-0.15, -0.1) is 0 Å². The van der Waals surface area contributed by atoms with Crippen molar-refractivity contribution in [1.29, 1.82) is 0 Å². The van der Waals surface area contributed by atoms with Gasteiger partial charge in [0.1, 0.15) is 18.0 Å². The van der Waals surface area contributed by atoms with E-state index in [-0.39, 0.29) is 52.9 Å². The van der Waals surface area contributed by atoms with E-state index in [1.807, 2.05) is 6.92 Å². The van der Waals surface area contributed by atoms with Crippen LogP contribution in [0.3, 0.4) is 0 Å². The molecular weight excluding hydrogens is 777 g/mol. The summed E-state index contributed by atoms with van der Waals surface area (Å²) in [5, 5.41) is 22.4. The number of hydrogen-bond acceptors (Lipinski definition) is 5. The molecule has 0 spiro atoms. The molecule has 4 rings (SSSR count). The minimum atomic E-state index is -3.07. The Morgan fingerprint density at radius 3 is 1.85 bits per heavy atom. The van der Waals surface area contributed by atoms with Crippen LogP contribution >= 0.6 is 0 Å². The Bertz CT molecular complexity index is 1380. The lowest BCUT2D eigenvalue weighted by Crippen LogP contribution is -2.59. The maximum atomic E-state index is 16.2. The number of halogens is 7. The maximum absolute atomic E-state index is 16.2. The molecule has 0 aromatic rings. The molecule has 4 aliphatic rings. The molecule has 0 heterocycles. The summed E-state index contributed by atoms with van der Waals surface area (Å²) in [6, 6.07) is 0. The van der Waals surface area contributed by atoms with Crippen LogP contribution in [0.1, 0.15) is 141 Å². The third-order valence-corrected chi connectivity index (χ3v) is 14.0. The zero-order valence-corrected chi connectivity index (χ0v) is 37.8. The van der Waals surface area contributed by atoms with E-state index in [4.69, 9.17) is 14.2 Å². The Hall–Kier alpha value is -1.21. The third kappa shape index (κ3) is 12.3. The molecule has 2 fully saturated rings. The highest BCUT2D eigenvalue weighted by Crippen LogP contribution is 2.51. The van der Waals surface area contributed by atoms with Crippen molar-refractivity contribution in [2.75, 3.05) is 6.61 Å². The summed E-state index contributed by atoms with van der Waals surface area (Å²) in [5.74, 6) is -5.74. The normalized spacial score (nSPS) is 38.0. The summed E-state index contributed by atoms with van der Waals surface area (Å²) in [4.78, 5) is 0. The van der Waals surface area contributed by atoms with Crippen molar-refractivity contribution < 1.29 is 55.2 Å². The van der Waals surface area contributed by atoms with E-state index >= 15 is 8.78 Å². The molecule has 12 heteroatoms. The Kier molecular flexibility index (Phi) is 16.8. The summed E-state index contributed by atoms with van der Waals surface area (Å²) >= 11 is 0. The molecule has 0 bridgehead atoms. The number of aliphatic hydroxyl groups excluding tert-OH is 2. The molecule has 2 N–H and O–H groups in total. The maximum Gasteiger partial charge on any atom is 0.168 e. The van der Waals surface area contributed by atoms with Crippen LogP contribution in [0.2, 0.25) is 0 Å². The van der Waals surface area contributed by atoms with Gasteiger partial charge in [-0.1, -0.05) is 114 Å². The van der Waals surface area contributed by atoms with E-state index in [9.17, 15) is 32.2 Å². The van der Waals surface area contributed by atoms with E-state index in [0.717, 1.165) is 44.9 Å². The first-order valence-electron chi connectivity index (χ1n) is 22.4. The Balaban J connectivity index is 1.61. The molecule has 15 atom stereocenters. The molecule has 5 nitrogen and oxygen atoms in total. The van der Waals surface area contributed by atoms with Crippen LogP contribution in [0, 0.1) is 63.6 Å². The van der Waals surface area contributed by atoms with Crippen LogP contribution in [0.5, 0.6) is 0 Å². The number of alkyl halides is 5. The van der Waals surface area contributed by atoms with Crippen molar-refractivity contribution in [3.05, 3.63) is 23.8 Å². The van der Waals surface area contributed by atoms with Crippen molar-refractivity contribution in [1.82, 2.24) is 0 Å². The highest BCUT2D eigenvalue weighted by atomic mass is 19.2. The second-order valence-electron chi connectivity index (χ2n) is 22.4.